The second kappa shape index (κ2) is 4.32. The summed E-state index contributed by atoms with van der Waals surface area (Å²) in [5.74, 6) is 0. The molecule has 0 amide bonds. The van der Waals surface area contributed by atoms with Crippen molar-refractivity contribution in [3.63, 3.8) is 0 Å². The quantitative estimate of drug-likeness (QED) is 0.864. The summed E-state index contributed by atoms with van der Waals surface area (Å²) in [6.07, 6.45) is 4.66. The SMILES string of the molecule is CC1(C)CN(Cc2ccccn2)CC2(CC2)CN1. The van der Waals surface area contributed by atoms with Gasteiger partial charge in [-0.2, -0.15) is 0 Å². The second-order valence-electron chi connectivity index (χ2n) is 6.70. The molecular weight excluding hydrogens is 222 g/mol. The van der Waals surface area contributed by atoms with E-state index in [0.717, 1.165) is 13.1 Å². The van der Waals surface area contributed by atoms with E-state index in [1.54, 1.807) is 0 Å². The zero-order valence-corrected chi connectivity index (χ0v) is 11.4. The predicted molar refractivity (Wildman–Crippen MR) is 73.3 cm³/mol. The van der Waals surface area contributed by atoms with Crippen LogP contribution in [0.25, 0.3) is 0 Å². The third-order valence-corrected chi connectivity index (χ3v) is 4.19. The average Bonchev–Trinajstić information content (AvgIpc) is 3.09. The molecule has 3 nitrogen and oxygen atoms in total. The summed E-state index contributed by atoms with van der Waals surface area (Å²) < 4.78 is 0. The molecule has 1 aromatic rings. The zero-order valence-electron chi connectivity index (χ0n) is 11.4. The first-order chi connectivity index (χ1) is 8.57. The van der Waals surface area contributed by atoms with Crippen molar-refractivity contribution in [3.8, 4) is 0 Å². The van der Waals surface area contributed by atoms with Crippen molar-refractivity contribution >= 4 is 0 Å². The summed E-state index contributed by atoms with van der Waals surface area (Å²) in [5, 5.41) is 3.73. The molecular formula is C15H23N3. The molecule has 0 radical (unpaired) electrons. The maximum absolute atomic E-state index is 4.46. The van der Waals surface area contributed by atoms with Gasteiger partial charge in [-0.3, -0.25) is 9.88 Å². The van der Waals surface area contributed by atoms with Crippen LogP contribution < -0.4 is 5.32 Å². The molecule has 1 saturated heterocycles. The van der Waals surface area contributed by atoms with E-state index in [4.69, 9.17) is 0 Å². The number of hydrogen-bond donors (Lipinski definition) is 1. The Kier molecular flexibility index (Phi) is 2.91. The minimum absolute atomic E-state index is 0.209. The zero-order chi connectivity index (χ0) is 12.6. The third-order valence-electron chi connectivity index (χ3n) is 4.19. The Labute approximate surface area is 110 Å². The van der Waals surface area contributed by atoms with Crippen LogP contribution in [0.3, 0.4) is 0 Å². The first-order valence-electron chi connectivity index (χ1n) is 6.94. The van der Waals surface area contributed by atoms with Gasteiger partial charge in [0.1, 0.15) is 0 Å². The van der Waals surface area contributed by atoms with Gasteiger partial charge in [-0.25, -0.2) is 0 Å². The smallest absolute Gasteiger partial charge is 0.0543 e. The van der Waals surface area contributed by atoms with Crippen molar-refractivity contribution in [2.45, 2.75) is 38.8 Å². The molecule has 0 bridgehead atoms. The molecule has 2 heterocycles. The fourth-order valence-corrected chi connectivity index (χ4v) is 2.97. The van der Waals surface area contributed by atoms with Gasteiger partial charge in [0.05, 0.1) is 5.69 Å². The van der Waals surface area contributed by atoms with Crippen molar-refractivity contribution in [2.24, 2.45) is 5.41 Å². The van der Waals surface area contributed by atoms with E-state index in [1.807, 2.05) is 12.3 Å². The minimum Gasteiger partial charge on any atom is -0.310 e. The van der Waals surface area contributed by atoms with Crippen molar-refractivity contribution in [2.75, 3.05) is 19.6 Å². The van der Waals surface area contributed by atoms with Gasteiger partial charge >= 0.3 is 0 Å². The predicted octanol–water partition coefficient (Wildman–Crippen LogP) is 2.05. The summed E-state index contributed by atoms with van der Waals surface area (Å²) in [7, 11) is 0. The molecule has 1 spiro atoms. The maximum Gasteiger partial charge on any atom is 0.0543 e. The van der Waals surface area contributed by atoms with Gasteiger partial charge in [-0.05, 0) is 44.2 Å². The van der Waals surface area contributed by atoms with Crippen LogP contribution in [0.5, 0.6) is 0 Å². The van der Waals surface area contributed by atoms with Gasteiger partial charge in [0.15, 0.2) is 0 Å². The van der Waals surface area contributed by atoms with Crippen LogP contribution in [0.1, 0.15) is 32.4 Å². The normalized spacial score (nSPS) is 25.9. The Morgan fingerprint density at radius 3 is 2.78 bits per heavy atom. The van der Waals surface area contributed by atoms with Gasteiger partial charge in [0.2, 0.25) is 0 Å². The van der Waals surface area contributed by atoms with Crippen LogP contribution in [0.4, 0.5) is 0 Å². The number of nitrogens with zero attached hydrogens (tertiary/aromatic N) is 2. The lowest BCUT2D eigenvalue weighted by Crippen LogP contribution is -2.46. The van der Waals surface area contributed by atoms with Crippen molar-refractivity contribution in [1.29, 1.82) is 0 Å². The van der Waals surface area contributed by atoms with Crippen LogP contribution in [0.2, 0.25) is 0 Å². The molecule has 0 aromatic carbocycles. The highest BCUT2D eigenvalue weighted by Gasteiger charge is 2.46. The highest BCUT2D eigenvalue weighted by molar-refractivity contribution is 5.07. The number of nitrogens with one attached hydrogen (secondary N) is 1. The van der Waals surface area contributed by atoms with Gasteiger partial charge in [0.25, 0.3) is 0 Å². The summed E-state index contributed by atoms with van der Waals surface area (Å²) in [6.45, 7) is 9.09. The third kappa shape index (κ3) is 2.73. The summed E-state index contributed by atoms with van der Waals surface area (Å²) in [6, 6.07) is 6.20. The Hall–Kier alpha value is -0.930. The highest BCUT2D eigenvalue weighted by atomic mass is 15.2. The highest BCUT2D eigenvalue weighted by Crippen LogP contribution is 2.47. The molecule has 18 heavy (non-hydrogen) atoms. The molecule has 3 heteroatoms. The Balaban J connectivity index is 1.73. The molecule has 1 aliphatic carbocycles. The van der Waals surface area contributed by atoms with Crippen molar-refractivity contribution < 1.29 is 0 Å². The van der Waals surface area contributed by atoms with E-state index in [2.05, 4.69) is 41.2 Å². The van der Waals surface area contributed by atoms with Crippen LogP contribution in [0, 0.1) is 5.41 Å². The van der Waals surface area contributed by atoms with E-state index in [1.165, 1.54) is 31.6 Å². The summed E-state index contributed by atoms with van der Waals surface area (Å²) >= 11 is 0. The van der Waals surface area contributed by atoms with E-state index < -0.39 is 0 Å². The lowest BCUT2D eigenvalue weighted by Gasteiger charge is -2.29. The average molecular weight is 245 g/mol. The Morgan fingerprint density at radius 1 is 1.28 bits per heavy atom. The maximum atomic E-state index is 4.46. The molecule has 0 atom stereocenters. The fraction of sp³-hybridized carbons (Fsp3) is 0.667. The summed E-state index contributed by atoms with van der Waals surface area (Å²) in [4.78, 5) is 7.04. The molecule has 2 aliphatic rings. The standard InChI is InChI=1S/C15H23N3/c1-14(2)11-18(9-13-5-3-4-8-16-13)12-15(6-7-15)10-17-14/h3-5,8,17H,6-7,9-12H2,1-2H3. The van der Waals surface area contributed by atoms with Gasteiger partial charge in [-0.1, -0.05) is 6.07 Å². The molecule has 98 valence electrons. The van der Waals surface area contributed by atoms with Crippen LogP contribution in [-0.2, 0) is 6.54 Å². The fourth-order valence-electron chi connectivity index (χ4n) is 2.97. The Bertz CT molecular complexity index is 401. The first kappa shape index (κ1) is 12.1. The molecule has 3 rings (SSSR count). The van der Waals surface area contributed by atoms with Gasteiger partial charge < -0.3 is 5.32 Å². The number of pyridine rings is 1. The molecule has 1 aromatic heterocycles. The topological polar surface area (TPSA) is 28.2 Å². The van der Waals surface area contributed by atoms with E-state index in [-0.39, 0.29) is 5.54 Å². The molecule has 1 saturated carbocycles. The lowest BCUT2D eigenvalue weighted by atomic mass is 10.1. The second-order valence-corrected chi connectivity index (χ2v) is 6.70. The molecule has 1 aliphatic heterocycles. The van der Waals surface area contributed by atoms with Crippen molar-refractivity contribution in [1.82, 2.24) is 15.2 Å². The van der Waals surface area contributed by atoms with Gasteiger partial charge in [0, 0.05) is 37.9 Å². The van der Waals surface area contributed by atoms with Crippen LogP contribution >= 0.6 is 0 Å². The molecule has 0 unspecified atom stereocenters. The lowest BCUT2D eigenvalue weighted by molar-refractivity contribution is 0.204. The minimum atomic E-state index is 0.209. The first-order valence-corrected chi connectivity index (χ1v) is 6.94. The van der Waals surface area contributed by atoms with Crippen molar-refractivity contribution in [3.05, 3.63) is 30.1 Å². The van der Waals surface area contributed by atoms with Crippen LogP contribution in [-0.4, -0.2) is 35.1 Å². The number of rotatable bonds is 2. The molecule has 2 fully saturated rings. The van der Waals surface area contributed by atoms with Crippen LogP contribution in [0.15, 0.2) is 24.4 Å². The monoisotopic (exact) mass is 245 g/mol. The van der Waals surface area contributed by atoms with E-state index in [9.17, 15) is 0 Å². The summed E-state index contributed by atoms with van der Waals surface area (Å²) in [5.41, 5.74) is 1.95. The van der Waals surface area contributed by atoms with Gasteiger partial charge in [-0.15, -0.1) is 0 Å². The number of hydrogen-bond acceptors (Lipinski definition) is 3. The largest absolute Gasteiger partial charge is 0.310 e. The number of aromatic nitrogens is 1. The molecule has 1 N–H and O–H groups in total. The Morgan fingerprint density at radius 2 is 2.11 bits per heavy atom. The van der Waals surface area contributed by atoms with E-state index in [0.29, 0.717) is 5.41 Å². The van der Waals surface area contributed by atoms with E-state index >= 15 is 0 Å².